The van der Waals surface area contributed by atoms with Crippen molar-refractivity contribution in [2.45, 2.75) is 0 Å². The van der Waals surface area contributed by atoms with Gasteiger partial charge in [-0.2, -0.15) is 0 Å². The van der Waals surface area contributed by atoms with Crippen LogP contribution in [-0.4, -0.2) is 16.4 Å². The first-order valence-corrected chi connectivity index (χ1v) is 1.64. The van der Waals surface area contributed by atoms with Crippen LogP contribution in [0.4, 0.5) is 0 Å². The molecule has 5 heavy (non-hydrogen) atoms. The highest BCUT2D eigenvalue weighted by Crippen LogP contribution is 1.73. The summed E-state index contributed by atoms with van der Waals surface area (Å²) < 4.78 is 19.0. The first-order chi connectivity index (χ1) is 3.48. The maximum atomic E-state index is 10.0. The van der Waals surface area contributed by atoms with Crippen LogP contribution in [0.15, 0.2) is 0 Å². The number of hydrogen-bond donors (Lipinski definition) is 1. The largest absolute Gasteiger partial charge is 0.481 e. The second-order valence-corrected chi connectivity index (χ2v) is 0.778. The summed E-state index contributed by atoms with van der Waals surface area (Å²) in [5.74, 6) is -1.25. The Bertz CT molecular complexity index is 97.9. The average molecular weight is 142 g/mol. The van der Waals surface area contributed by atoms with Crippen LogP contribution in [0.25, 0.3) is 1.43 Å². The van der Waals surface area contributed by atoms with Crippen LogP contribution in [-0.2, 0) is 4.79 Å². The number of halogens is 1. The van der Waals surface area contributed by atoms with Gasteiger partial charge < -0.3 is 5.11 Å². The number of carboxylic acid groups (broad SMARTS) is 1. The van der Waals surface area contributed by atoms with Crippen molar-refractivity contribution < 1.29 is 12.6 Å². The summed E-state index contributed by atoms with van der Waals surface area (Å²) in [4.78, 5) is 10.0. The molecule has 0 saturated carbocycles. The zero-order valence-electron chi connectivity index (χ0n) is 5.19. The standard InChI is InChI=1S/C2H3BrO2/c3-1-2(4)5/h1H2,(H,4,5)/i1D2/hD. The van der Waals surface area contributed by atoms with Gasteiger partial charge >= 0.3 is 5.97 Å². The molecule has 0 aliphatic carbocycles. The highest BCUT2D eigenvalue weighted by Gasteiger charge is 1.83. The predicted molar refractivity (Wildman–Crippen MR) is 21.4 cm³/mol. The van der Waals surface area contributed by atoms with Crippen LogP contribution in [0, 0.1) is 0 Å². The van der Waals surface area contributed by atoms with Gasteiger partial charge in [-0.1, -0.05) is 15.9 Å². The Morgan fingerprint density at radius 1 is 2.60 bits per heavy atom. The van der Waals surface area contributed by atoms with Gasteiger partial charge in [-0.3, -0.25) is 4.79 Å². The number of alkyl halides is 1. The Balaban J connectivity index is 3.82. The topological polar surface area (TPSA) is 37.3 Å². The van der Waals surface area contributed by atoms with Gasteiger partial charge in [0.05, 0.1) is 2.74 Å². The summed E-state index contributed by atoms with van der Waals surface area (Å²) in [6.45, 7) is 0. The zero-order valence-corrected chi connectivity index (χ0v) is 3.78. The Morgan fingerprint density at radius 3 is 3.20 bits per heavy atom. The van der Waals surface area contributed by atoms with Gasteiger partial charge in [0.2, 0.25) is 0 Å². The summed E-state index contributed by atoms with van der Waals surface area (Å²) in [5, 5.41) is 1.08. The van der Waals surface area contributed by atoms with Gasteiger partial charge in [0.1, 0.15) is 5.28 Å². The number of rotatable bonds is 1. The number of hydrogen-bond acceptors (Lipinski definition) is 2. The number of carboxylic acids is 1. The van der Waals surface area contributed by atoms with Crippen molar-refractivity contribution in [2.75, 3.05) is 5.28 Å². The van der Waals surface area contributed by atoms with Gasteiger partial charge in [-0.15, -0.1) is 0 Å². The van der Waals surface area contributed by atoms with Crippen molar-refractivity contribution in [3.05, 3.63) is 0 Å². The normalized spacial score (nSPS) is 18.2. The Labute approximate surface area is 42.2 Å². The van der Waals surface area contributed by atoms with Crippen molar-refractivity contribution in [1.82, 2.24) is 0 Å². The molecule has 0 atom stereocenters. The van der Waals surface area contributed by atoms with Gasteiger partial charge in [0.15, 0.2) is 0 Å². The molecule has 30 valence electrons. The van der Waals surface area contributed by atoms with E-state index in [4.69, 9.17) is 4.17 Å². The monoisotopic (exact) mass is 141 g/mol. The van der Waals surface area contributed by atoms with Crippen LogP contribution in [0.1, 0.15) is 2.74 Å². The summed E-state index contributed by atoms with van der Waals surface area (Å²) >= 11 is 2.34. The molecular weight excluding hydrogens is 136 g/mol. The molecule has 0 aliphatic rings. The molecule has 0 bridgehead atoms. The fourth-order valence-electron chi connectivity index (χ4n) is 0. The molecule has 0 unspecified atom stereocenters. The van der Waals surface area contributed by atoms with E-state index in [9.17, 15) is 4.79 Å². The third-order valence-electron chi connectivity index (χ3n) is 0.0772. The van der Waals surface area contributed by atoms with Crippen LogP contribution < -0.4 is 0 Å². The molecule has 0 aromatic rings. The van der Waals surface area contributed by atoms with E-state index < -0.39 is 11.3 Å². The highest BCUT2D eigenvalue weighted by atomic mass is 79.9. The molecule has 0 aromatic heterocycles. The van der Waals surface area contributed by atoms with E-state index in [2.05, 4.69) is 21.0 Å². The Morgan fingerprint density at radius 2 is 3.20 bits per heavy atom. The van der Waals surface area contributed by atoms with Crippen molar-refractivity contribution >= 4 is 21.9 Å². The van der Waals surface area contributed by atoms with Gasteiger partial charge in [-0.05, 0) is 0 Å². The second kappa shape index (κ2) is 2.20. The highest BCUT2D eigenvalue weighted by molar-refractivity contribution is 9.09. The van der Waals surface area contributed by atoms with E-state index in [0.717, 1.165) is 0 Å². The Hall–Kier alpha value is -0.0500. The van der Waals surface area contributed by atoms with E-state index in [0.29, 0.717) is 0 Å². The van der Waals surface area contributed by atoms with E-state index in [1.165, 1.54) is 0 Å². The molecule has 0 saturated heterocycles. The average Bonchev–Trinajstić information content (AvgIpc) is 1.62. The lowest BCUT2D eigenvalue weighted by Gasteiger charge is -1.70. The molecule has 0 fully saturated rings. The SMILES string of the molecule is [2H]OC(=O)C([2H])([2H])Br. The molecule has 0 spiro atoms. The van der Waals surface area contributed by atoms with Crippen LogP contribution in [0.2, 0.25) is 0 Å². The molecule has 0 amide bonds. The molecule has 1 N–H and O–H groups in total. The van der Waals surface area contributed by atoms with Gasteiger partial charge in [0.25, 0.3) is 1.43 Å². The lowest BCUT2D eigenvalue weighted by molar-refractivity contribution is -0.133. The fourth-order valence-corrected chi connectivity index (χ4v) is 0. The molecular formula is C2H3BrO2. The lowest BCUT2D eigenvalue weighted by Crippen LogP contribution is -1.92. The van der Waals surface area contributed by atoms with E-state index in [1.807, 2.05) is 0 Å². The van der Waals surface area contributed by atoms with Crippen molar-refractivity contribution in [3.63, 3.8) is 0 Å². The minimum Gasteiger partial charge on any atom is -0.481 e. The van der Waals surface area contributed by atoms with Crippen molar-refractivity contribution in [3.8, 4) is 0 Å². The van der Waals surface area contributed by atoms with Gasteiger partial charge in [-0.25, -0.2) is 0 Å². The molecule has 0 aromatic carbocycles. The van der Waals surface area contributed by atoms with Crippen molar-refractivity contribution in [2.24, 2.45) is 0 Å². The Kier molecular flexibility index (Phi) is 0.705. The molecule has 0 heterocycles. The quantitative estimate of drug-likeness (QED) is 0.540. The minimum absolute atomic E-state index is 1.25. The molecule has 3 heteroatoms. The molecule has 0 aliphatic heterocycles. The first kappa shape index (κ1) is 1.60. The van der Waals surface area contributed by atoms with E-state index in [1.54, 1.807) is 0 Å². The van der Waals surface area contributed by atoms with Crippen LogP contribution in [0.3, 0.4) is 0 Å². The van der Waals surface area contributed by atoms with E-state index >= 15 is 0 Å². The maximum Gasteiger partial charge on any atom is 0.314 e. The summed E-state index contributed by atoms with van der Waals surface area (Å²) in [7, 11) is 0. The van der Waals surface area contributed by atoms with Crippen LogP contribution >= 0.6 is 15.9 Å². The van der Waals surface area contributed by atoms with Gasteiger partial charge in [0, 0.05) is 0 Å². The van der Waals surface area contributed by atoms with E-state index in [-0.39, 0.29) is 0 Å². The molecule has 2 nitrogen and oxygen atoms in total. The smallest absolute Gasteiger partial charge is 0.314 e. The second-order valence-electron chi connectivity index (χ2n) is 0.382. The summed E-state index contributed by atoms with van der Waals surface area (Å²) in [6.07, 6.45) is 0. The third kappa shape index (κ3) is 3.95. The van der Waals surface area contributed by atoms with Crippen molar-refractivity contribution in [1.29, 1.82) is 1.43 Å². The maximum absolute atomic E-state index is 10.0. The lowest BCUT2D eigenvalue weighted by atomic mass is 10.8. The first-order valence-electron chi connectivity index (χ1n) is 2.26. The predicted octanol–water partition coefficient (Wildman–Crippen LogP) is 0.466. The number of aliphatic carboxylic acids is 1. The minimum atomic E-state index is -2.23. The number of carbonyl (C=O) groups is 1. The molecule has 0 radical (unpaired) electrons. The molecule has 0 rings (SSSR count). The summed E-state index contributed by atoms with van der Waals surface area (Å²) in [5.41, 5.74) is 0. The summed E-state index contributed by atoms with van der Waals surface area (Å²) in [6, 6.07) is 0. The van der Waals surface area contributed by atoms with Crippen LogP contribution in [0.5, 0.6) is 0 Å². The zero-order chi connectivity index (χ0) is 6.78. The third-order valence-corrected chi connectivity index (χ3v) is 0.401. The fraction of sp³-hybridized carbons (Fsp3) is 0.500.